The second-order valence-electron chi connectivity index (χ2n) is 5.33. The van der Waals surface area contributed by atoms with Gasteiger partial charge in [-0.3, -0.25) is 19.6 Å². The highest BCUT2D eigenvalue weighted by molar-refractivity contribution is 5.93. The zero-order valence-electron chi connectivity index (χ0n) is 13.0. The van der Waals surface area contributed by atoms with E-state index in [0.29, 0.717) is 23.5 Å². The number of rotatable bonds is 4. The molecule has 0 spiro atoms. The number of benzene rings is 1. The maximum Gasteiger partial charge on any atom is 0.312 e. The van der Waals surface area contributed by atoms with E-state index in [2.05, 4.69) is 5.10 Å². The predicted molar refractivity (Wildman–Crippen MR) is 81.9 cm³/mol. The van der Waals surface area contributed by atoms with Crippen LogP contribution in [0.3, 0.4) is 0 Å². The SMILES string of the molecule is Cc1nn(Cc2ccc(C(=O)N(C)C)cc2)c(C)c1[N+](=O)[O-]. The Kier molecular flexibility index (Phi) is 4.25. The largest absolute Gasteiger partial charge is 0.345 e. The zero-order valence-corrected chi connectivity index (χ0v) is 13.0. The molecule has 2 rings (SSSR count). The van der Waals surface area contributed by atoms with Gasteiger partial charge in [0.1, 0.15) is 11.4 Å². The summed E-state index contributed by atoms with van der Waals surface area (Å²) in [6, 6.07) is 7.16. The summed E-state index contributed by atoms with van der Waals surface area (Å²) in [4.78, 5) is 23.9. The van der Waals surface area contributed by atoms with Crippen molar-refractivity contribution in [1.29, 1.82) is 0 Å². The van der Waals surface area contributed by atoms with Crippen LogP contribution in [-0.4, -0.2) is 39.6 Å². The molecule has 0 N–H and O–H groups in total. The zero-order chi connectivity index (χ0) is 16.4. The Morgan fingerprint density at radius 2 is 1.86 bits per heavy atom. The van der Waals surface area contributed by atoms with E-state index < -0.39 is 4.92 Å². The molecule has 7 nitrogen and oxygen atoms in total. The van der Waals surface area contributed by atoms with Crippen molar-refractivity contribution in [2.24, 2.45) is 0 Å². The average Bonchev–Trinajstić information content (AvgIpc) is 2.73. The fourth-order valence-electron chi connectivity index (χ4n) is 2.29. The Hall–Kier alpha value is -2.70. The van der Waals surface area contributed by atoms with Gasteiger partial charge in [-0.15, -0.1) is 0 Å². The van der Waals surface area contributed by atoms with Gasteiger partial charge in [-0.25, -0.2) is 0 Å². The highest BCUT2D eigenvalue weighted by Crippen LogP contribution is 2.22. The van der Waals surface area contributed by atoms with E-state index in [1.54, 1.807) is 44.8 Å². The summed E-state index contributed by atoms with van der Waals surface area (Å²) in [5.41, 5.74) is 2.51. The topological polar surface area (TPSA) is 81.3 Å². The minimum Gasteiger partial charge on any atom is -0.345 e. The van der Waals surface area contributed by atoms with Crippen molar-refractivity contribution in [2.45, 2.75) is 20.4 Å². The van der Waals surface area contributed by atoms with Gasteiger partial charge in [-0.2, -0.15) is 5.10 Å². The lowest BCUT2D eigenvalue weighted by Gasteiger charge is -2.10. The van der Waals surface area contributed by atoms with Crippen molar-refractivity contribution in [3.8, 4) is 0 Å². The smallest absolute Gasteiger partial charge is 0.312 e. The van der Waals surface area contributed by atoms with Crippen LogP contribution in [0.1, 0.15) is 27.3 Å². The van der Waals surface area contributed by atoms with Gasteiger partial charge in [-0.1, -0.05) is 12.1 Å². The average molecular weight is 302 g/mol. The first-order valence-electron chi connectivity index (χ1n) is 6.80. The minimum absolute atomic E-state index is 0.0550. The molecular formula is C15H18N4O3. The fraction of sp³-hybridized carbons (Fsp3) is 0.333. The number of nitrogens with zero attached hydrogens (tertiary/aromatic N) is 4. The number of hydrogen-bond acceptors (Lipinski definition) is 4. The molecule has 0 aliphatic carbocycles. The molecule has 0 saturated carbocycles. The van der Waals surface area contributed by atoms with E-state index >= 15 is 0 Å². The van der Waals surface area contributed by atoms with Crippen molar-refractivity contribution >= 4 is 11.6 Å². The van der Waals surface area contributed by atoms with Crippen LogP contribution in [0.15, 0.2) is 24.3 Å². The summed E-state index contributed by atoms with van der Waals surface area (Å²) < 4.78 is 1.61. The first-order valence-corrected chi connectivity index (χ1v) is 6.80. The second kappa shape index (κ2) is 5.97. The van der Waals surface area contributed by atoms with Crippen LogP contribution in [0.4, 0.5) is 5.69 Å². The molecule has 22 heavy (non-hydrogen) atoms. The Bertz CT molecular complexity index is 717. The van der Waals surface area contributed by atoms with E-state index in [1.165, 1.54) is 4.90 Å². The maximum absolute atomic E-state index is 11.8. The molecule has 1 aromatic heterocycles. The third-order valence-corrected chi connectivity index (χ3v) is 3.47. The number of hydrogen-bond donors (Lipinski definition) is 0. The predicted octanol–water partition coefficient (Wildman–Crippen LogP) is 2.16. The molecule has 1 heterocycles. The van der Waals surface area contributed by atoms with Crippen LogP contribution in [0.25, 0.3) is 0 Å². The van der Waals surface area contributed by atoms with E-state index in [1.807, 2.05) is 12.1 Å². The molecule has 0 aliphatic rings. The molecule has 1 amide bonds. The number of aryl methyl sites for hydroxylation is 1. The third kappa shape index (κ3) is 2.98. The van der Waals surface area contributed by atoms with Gasteiger partial charge in [0.25, 0.3) is 5.91 Å². The third-order valence-electron chi connectivity index (χ3n) is 3.47. The molecular weight excluding hydrogens is 284 g/mol. The molecule has 7 heteroatoms. The number of carbonyl (C=O) groups excluding carboxylic acids is 1. The number of carbonyl (C=O) groups is 1. The monoisotopic (exact) mass is 302 g/mol. The first-order chi connectivity index (χ1) is 10.3. The molecule has 2 aromatic rings. The molecule has 0 fully saturated rings. The van der Waals surface area contributed by atoms with E-state index in [4.69, 9.17) is 0 Å². The molecule has 0 bridgehead atoms. The first kappa shape index (κ1) is 15.7. The molecule has 116 valence electrons. The van der Waals surface area contributed by atoms with Gasteiger partial charge in [0.05, 0.1) is 11.5 Å². The second-order valence-corrected chi connectivity index (χ2v) is 5.33. The summed E-state index contributed by atoms with van der Waals surface area (Å²) >= 11 is 0. The highest BCUT2D eigenvalue weighted by Gasteiger charge is 2.21. The van der Waals surface area contributed by atoms with Crippen LogP contribution in [0.5, 0.6) is 0 Å². The van der Waals surface area contributed by atoms with E-state index in [9.17, 15) is 14.9 Å². The summed E-state index contributed by atoms with van der Waals surface area (Å²) in [6.07, 6.45) is 0. The van der Waals surface area contributed by atoms with E-state index in [0.717, 1.165) is 5.56 Å². The fourth-order valence-corrected chi connectivity index (χ4v) is 2.29. The number of aromatic nitrogens is 2. The standard InChI is InChI=1S/C15H18N4O3/c1-10-14(19(21)22)11(2)18(16-10)9-12-5-7-13(8-6-12)15(20)17(3)4/h5-8H,9H2,1-4H3. The van der Waals surface area contributed by atoms with Gasteiger partial charge in [0, 0.05) is 19.7 Å². The van der Waals surface area contributed by atoms with Crippen molar-refractivity contribution in [3.05, 3.63) is 56.9 Å². The molecule has 0 atom stereocenters. The Balaban J connectivity index is 2.23. The molecule has 0 saturated heterocycles. The number of amides is 1. The molecule has 0 unspecified atom stereocenters. The quantitative estimate of drug-likeness (QED) is 0.640. The summed E-state index contributed by atoms with van der Waals surface area (Å²) in [7, 11) is 3.40. The lowest BCUT2D eigenvalue weighted by molar-refractivity contribution is -0.386. The molecule has 0 aliphatic heterocycles. The maximum atomic E-state index is 11.8. The van der Waals surface area contributed by atoms with Crippen LogP contribution in [0, 0.1) is 24.0 Å². The lowest BCUT2D eigenvalue weighted by atomic mass is 10.1. The van der Waals surface area contributed by atoms with Crippen LogP contribution < -0.4 is 0 Å². The molecule has 0 radical (unpaired) electrons. The van der Waals surface area contributed by atoms with Gasteiger partial charge >= 0.3 is 5.69 Å². The van der Waals surface area contributed by atoms with E-state index in [-0.39, 0.29) is 11.6 Å². The molecule has 1 aromatic carbocycles. The Labute approximate surface area is 128 Å². The number of nitro groups is 1. The summed E-state index contributed by atoms with van der Waals surface area (Å²) in [5, 5.41) is 15.2. The Morgan fingerprint density at radius 1 is 1.27 bits per heavy atom. The van der Waals surface area contributed by atoms with Crippen molar-refractivity contribution in [1.82, 2.24) is 14.7 Å². The lowest BCUT2D eigenvalue weighted by Crippen LogP contribution is -2.21. The van der Waals surface area contributed by atoms with Crippen molar-refractivity contribution in [3.63, 3.8) is 0 Å². The van der Waals surface area contributed by atoms with Crippen molar-refractivity contribution < 1.29 is 9.72 Å². The Morgan fingerprint density at radius 3 is 2.32 bits per heavy atom. The minimum atomic E-state index is -0.410. The van der Waals surface area contributed by atoms with Gasteiger partial charge in [0.2, 0.25) is 0 Å². The van der Waals surface area contributed by atoms with Crippen LogP contribution in [0.2, 0.25) is 0 Å². The van der Waals surface area contributed by atoms with Crippen LogP contribution in [-0.2, 0) is 6.54 Å². The van der Waals surface area contributed by atoms with Gasteiger partial charge in [0.15, 0.2) is 0 Å². The van der Waals surface area contributed by atoms with Crippen molar-refractivity contribution in [2.75, 3.05) is 14.1 Å². The summed E-state index contributed by atoms with van der Waals surface area (Å²) in [6.45, 7) is 3.74. The van der Waals surface area contributed by atoms with Gasteiger partial charge < -0.3 is 4.90 Å². The summed E-state index contributed by atoms with van der Waals surface area (Å²) in [5.74, 6) is -0.0618. The van der Waals surface area contributed by atoms with Crippen LogP contribution >= 0.6 is 0 Å². The van der Waals surface area contributed by atoms with Gasteiger partial charge in [-0.05, 0) is 31.5 Å². The highest BCUT2D eigenvalue weighted by atomic mass is 16.6. The normalized spacial score (nSPS) is 10.5.